The molecule has 17 heavy (non-hydrogen) atoms. The van der Waals surface area contributed by atoms with Crippen molar-refractivity contribution in [1.29, 1.82) is 0 Å². The molecule has 0 saturated carbocycles. The highest BCUT2D eigenvalue weighted by molar-refractivity contribution is 7.90. The maximum Gasteiger partial charge on any atom is 0.223 e. The van der Waals surface area contributed by atoms with Gasteiger partial charge in [0.15, 0.2) is 9.84 Å². The molecular weight excluding hydrogens is 238 g/mol. The SMILES string of the molecule is CC(C)(C)/[N+](O)=C/c1ccc(S(C)(=O)=O)cc1. The quantitative estimate of drug-likeness (QED) is 0.379. The van der Waals surface area contributed by atoms with Gasteiger partial charge in [0.05, 0.1) is 4.90 Å². The lowest BCUT2D eigenvalue weighted by molar-refractivity contribution is -0.816. The summed E-state index contributed by atoms with van der Waals surface area (Å²) >= 11 is 0. The Hall–Kier alpha value is -1.36. The summed E-state index contributed by atoms with van der Waals surface area (Å²) < 4.78 is 23.6. The van der Waals surface area contributed by atoms with E-state index in [1.54, 1.807) is 18.3 Å². The standard InChI is InChI=1S/C12H18NO3S/c1-12(2,3)13(14)9-10-5-7-11(8-6-10)17(4,15)16/h5-9,14H,1-4H3/q+1/b13-9-. The van der Waals surface area contributed by atoms with E-state index in [9.17, 15) is 13.6 Å². The van der Waals surface area contributed by atoms with Crippen molar-refractivity contribution in [3.63, 3.8) is 0 Å². The molecule has 0 spiro atoms. The van der Waals surface area contributed by atoms with Gasteiger partial charge in [-0.25, -0.2) is 8.42 Å². The first kappa shape index (κ1) is 13.7. The Morgan fingerprint density at radius 1 is 1.18 bits per heavy atom. The van der Waals surface area contributed by atoms with Crippen LogP contribution < -0.4 is 0 Å². The van der Waals surface area contributed by atoms with Gasteiger partial charge in [0, 0.05) is 32.6 Å². The lowest BCUT2D eigenvalue weighted by Crippen LogP contribution is -2.31. The molecule has 0 heterocycles. The van der Waals surface area contributed by atoms with E-state index in [-0.39, 0.29) is 4.90 Å². The normalized spacial score (nSPS) is 13.8. The van der Waals surface area contributed by atoms with Crippen LogP contribution in [0.4, 0.5) is 0 Å². The Kier molecular flexibility index (Phi) is 3.62. The van der Waals surface area contributed by atoms with E-state index in [2.05, 4.69) is 0 Å². The van der Waals surface area contributed by atoms with Crippen molar-refractivity contribution in [1.82, 2.24) is 0 Å². The second-order valence-electron chi connectivity index (χ2n) is 4.99. The summed E-state index contributed by atoms with van der Waals surface area (Å²) in [6.07, 6.45) is 2.73. The van der Waals surface area contributed by atoms with Gasteiger partial charge in [-0.3, -0.25) is 5.21 Å². The molecule has 1 aromatic carbocycles. The van der Waals surface area contributed by atoms with Crippen molar-refractivity contribution in [3.05, 3.63) is 29.8 Å². The molecule has 1 N–H and O–H groups in total. The van der Waals surface area contributed by atoms with Crippen LogP contribution in [-0.4, -0.2) is 36.4 Å². The first-order chi connectivity index (χ1) is 7.60. The van der Waals surface area contributed by atoms with Gasteiger partial charge in [-0.1, -0.05) is 0 Å². The summed E-state index contributed by atoms with van der Waals surface area (Å²) in [7, 11) is -3.17. The van der Waals surface area contributed by atoms with Crippen LogP contribution in [0.15, 0.2) is 29.2 Å². The number of hydrogen-bond donors (Lipinski definition) is 1. The molecule has 0 unspecified atom stereocenters. The molecule has 0 fully saturated rings. The monoisotopic (exact) mass is 256 g/mol. The van der Waals surface area contributed by atoms with Crippen LogP contribution in [-0.2, 0) is 9.84 Å². The fraction of sp³-hybridized carbons (Fsp3) is 0.417. The third kappa shape index (κ3) is 3.85. The fourth-order valence-corrected chi connectivity index (χ4v) is 1.77. The van der Waals surface area contributed by atoms with Gasteiger partial charge in [0.2, 0.25) is 11.8 Å². The lowest BCUT2D eigenvalue weighted by atomic mass is 10.1. The highest BCUT2D eigenvalue weighted by atomic mass is 32.2. The van der Waals surface area contributed by atoms with Crippen LogP contribution in [0.1, 0.15) is 26.3 Å². The van der Waals surface area contributed by atoms with Gasteiger partial charge in [-0.15, -0.1) is 0 Å². The summed E-state index contributed by atoms with van der Waals surface area (Å²) in [4.78, 5) is 0.273. The van der Waals surface area contributed by atoms with Crippen molar-refractivity contribution < 1.29 is 18.4 Å². The second kappa shape index (κ2) is 4.49. The number of nitrogens with zero attached hydrogens (tertiary/aromatic N) is 1. The molecule has 0 aromatic heterocycles. The summed E-state index contributed by atoms with van der Waals surface area (Å²) in [6.45, 7) is 5.61. The van der Waals surface area contributed by atoms with Gasteiger partial charge in [-0.05, 0) is 29.0 Å². The average Bonchev–Trinajstić information content (AvgIpc) is 2.15. The third-order valence-corrected chi connectivity index (χ3v) is 3.40. The average molecular weight is 256 g/mol. The molecule has 1 aromatic rings. The van der Waals surface area contributed by atoms with Crippen LogP contribution in [0.25, 0.3) is 0 Å². The van der Waals surface area contributed by atoms with Crippen LogP contribution >= 0.6 is 0 Å². The molecule has 0 amide bonds. The minimum atomic E-state index is -3.17. The van der Waals surface area contributed by atoms with E-state index in [1.165, 1.54) is 18.4 Å². The molecule has 0 aliphatic rings. The minimum Gasteiger partial charge on any atom is -0.290 e. The Balaban J connectivity index is 3.06. The first-order valence-electron chi connectivity index (χ1n) is 5.24. The van der Waals surface area contributed by atoms with Crippen LogP contribution in [0, 0.1) is 0 Å². The predicted octanol–water partition coefficient (Wildman–Crippen LogP) is 1.71. The van der Waals surface area contributed by atoms with E-state index < -0.39 is 15.4 Å². The topological polar surface area (TPSA) is 57.4 Å². The lowest BCUT2D eigenvalue weighted by Gasteiger charge is -2.09. The fourth-order valence-electron chi connectivity index (χ4n) is 1.14. The van der Waals surface area contributed by atoms with E-state index in [0.29, 0.717) is 0 Å². The molecule has 0 saturated heterocycles. The van der Waals surface area contributed by atoms with Crippen molar-refractivity contribution in [2.45, 2.75) is 31.2 Å². The summed E-state index contributed by atoms with van der Waals surface area (Å²) in [5, 5.41) is 9.73. The van der Waals surface area contributed by atoms with Crippen LogP contribution in [0.5, 0.6) is 0 Å². The zero-order valence-electron chi connectivity index (χ0n) is 10.5. The van der Waals surface area contributed by atoms with Crippen LogP contribution in [0.2, 0.25) is 0 Å². The number of sulfone groups is 1. The first-order valence-corrected chi connectivity index (χ1v) is 7.13. The molecular formula is C12H18NO3S+. The summed E-state index contributed by atoms with van der Waals surface area (Å²) in [5.74, 6) is 0. The minimum absolute atomic E-state index is 0.273. The molecule has 0 radical (unpaired) electrons. The molecule has 0 bridgehead atoms. The number of benzene rings is 1. The van der Waals surface area contributed by atoms with Crippen molar-refractivity contribution in [2.75, 3.05) is 6.26 Å². The number of hydroxylamine groups is 1. The molecule has 5 heteroatoms. The summed E-state index contributed by atoms with van der Waals surface area (Å²) in [6, 6.07) is 6.37. The van der Waals surface area contributed by atoms with E-state index >= 15 is 0 Å². The van der Waals surface area contributed by atoms with Crippen molar-refractivity contribution in [2.24, 2.45) is 0 Å². The van der Waals surface area contributed by atoms with Crippen molar-refractivity contribution in [3.8, 4) is 0 Å². The molecule has 0 atom stereocenters. The van der Waals surface area contributed by atoms with E-state index in [0.717, 1.165) is 10.3 Å². The molecule has 94 valence electrons. The van der Waals surface area contributed by atoms with Crippen LogP contribution in [0.3, 0.4) is 0 Å². The van der Waals surface area contributed by atoms with Gasteiger partial charge >= 0.3 is 0 Å². The Morgan fingerprint density at radius 2 is 1.65 bits per heavy atom. The van der Waals surface area contributed by atoms with E-state index in [1.807, 2.05) is 20.8 Å². The zero-order chi connectivity index (χ0) is 13.3. The number of hydrogen-bond acceptors (Lipinski definition) is 3. The van der Waals surface area contributed by atoms with Gasteiger partial charge in [0.25, 0.3) is 0 Å². The largest absolute Gasteiger partial charge is 0.290 e. The third-order valence-electron chi connectivity index (χ3n) is 2.27. The molecule has 0 aliphatic heterocycles. The Morgan fingerprint density at radius 3 is 2.00 bits per heavy atom. The molecule has 0 aliphatic carbocycles. The predicted molar refractivity (Wildman–Crippen MR) is 66.5 cm³/mol. The summed E-state index contributed by atoms with van der Waals surface area (Å²) in [5.41, 5.74) is 0.352. The van der Waals surface area contributed by atoms with E-state index in [4.69, 9.17) is 0 Å². The number of rotatable bonds is 2. The Bertz CT molecular complexity index is 522. The van der Waals surface area contributed by atoms with Gasteiger partial charge in [-0.2, -0.15) is 0 Å². The molecule has 1 rings (SSSR count). The zero-order valence-corrected chi connectivity index (χ0v) is 11.3. The highest BCUT2D eigenvalue weighted by Gasteiger charge is 2.24. The van der Waals surface area contributed by atoms with Crippen molar-refractivity contribution >= 4 is 16.1 Å². The maximum atomic E-state index is 11.3. The molecule has 4 nitrogen and oxygen atoms in total. The van der Waals surface area contributed by atoms with Gasteiger partial charge in [0.1, 0.15) is 0 Å². The maximum absolute atomic E-state index is 11.3. The highest BCUT2D eigenvalue weighted by Crippen LogP contribution is 2.10. The second-order valence-corrected chi connectivity index (χ2v) is 7.00. The Labute approximate surface area is 102 Å². The smallest absolute Gasteiger partial charge is 0.223 e. The van der Waals surface area contributed by atoms with Gasteiger partial charge < -0.3 is 0 Å².